The van der Waals surface area contributed by atoms with Crippen molar-refractivity contribution >= 4 is 0 Å². The fourth-order valence-electron chi connectivity index (χ4n) is 3.32. The van der Waals surface area contributed by atoms with Crippen molar-refractivity contribution < 1.29 is 20.4 Å². The Hall–Kier alpha value is -0.160. The summed E-state index contributed by atoms with van der Waals surface area (Å²) in [5.74, 6) is 0.162. The van der Waals surface area contributed by atoms with E-state index in [1.807, 2.05) is 34.6 Å². The van der Waals surface area contributed by atoms with Crippen LogP contribution in [0.25, 0.3) is 0 Å². The normalized spacial score (nSPS) is 44.2. The number of rotatable bonds is 1. The lowest BCUT2D eigenvalue weighted by atomic mass is 9.51. The van der Waals surface area contributed by atoms with Crippen molar-refractivity contribution in [3.63, 3.8) is 0 Å². The van der Waals surface area contributed by atoms with Gasteiger partial charge >= 0.3 is 0 Å². The van der Waals surface area contributed by atoms with Crippen molar-refractivity contribution in [3.8, 4) is 0 Å². The summed E-state index contributed by atoms with van der Waals surface area (Å²) in [6.45, 7) is 9.51. The van der Waals surface area contributed by atoms with Crippen LogP contribution in [0.2, 0.25) is 0 Å². The standard InChI is InChI=1S/C8H16O2.C6H12O2/c1-7(2)5(9)8(3,4)6(7)10;1-2-4-5(7)3-6(4)8/h5-6,9-10H,1-4H3;4-8H,2-3H2,1H3. The quantitative estimate of drug-likeness (QED) is 0.565. The number of hydrogen-bond acceptors (Lipinski definition) is 4. The highest BCUT2D eigenvalue weighted by Crippen LogP contribution is 2.53. The summed E-state index contributed by atoms with van der Waals surface area (Å²) >= 11 is 0. The Labute approximate surface area is 110 Å². The van der Waals surface area contributed by atoms with Gasteiger partial charge in [-0.2, -0.15) is 0 Å². The van der Waals surface area contributed by atoms with Crippen LogP contribution >= 0.6 is 0 Å². The molecule has 4 nitrogen and oxygen atoms in total. The summed E-state index contributed by atoms with van der Waals surface area (Å²) in [5, 5.41) is 36.9. The van der Waals surface area contributed by atoms with Crippen LogP contribution in [0.1, 0.15) is 47.5 Å². The molecule has 2 aliphatic rings. The molecule has 0 aromatic heterocycles. The fourth-order valence-corrected chi connectivity index (χ4v) is 3.32. The molecule has 2 rings (SSSR count). The molecule has 4 heteroatoms. The molecule has 2 fully saturated rings. The first kappa shape index (κ1) is 15.9. The minimum absolute atomic E-state index is 0.162. The molecule has 0 aromatic carbocycles. The summed E-state index contributed by atoms with van der Waals surface area (Å²) < 4.78 is 0. The van der Waals surface area contributed by atoms with Crippen LogP contribution in [-0.2, 0) is 0 Å². The predicted molar refractivity (Wildman–Crippen MR) is 70.0 cm³/mol. The van der Waals surface area contributed by atoms with E-state index in [0.717, 1.165) is 6.42 Å². The van der Waals surface area contributed by atoms with E-state index in [1.165, 1.54) is 0 Å². The minimum atomic E-state index is -0.380. The summed E-state index contributed by atoms with van der Waals surface area (Å²) in [4.78, 5) is 0. The van der Waals surface area contributed by atoms with Crippen LogP contribution in [0.5, 0.6) is 0 Å². The van der Waals surface area contributed by atoms with Crippen molar-refractivity contribution in [1.29, 1.82) is 0 Å². The SMILES string of the molecule is CC1(C)C(O)C(C)(C)C1O.CCC1C(O)CC1O. The van der Waals surface area contributed by atoms with Crippen molar-refractivity contribution in [2.75, 3.05) is 0 Å². The average Bonchev–Trinajstić information content (AvgIpc) is 2.28. The summed E-state index contributed by atoms with van der Waals surface area (Å²) in [6.07, 6.45) is 0.260. The van der Waals surface area contributed by atoms with Crippen molar-refractivity contribution in [3.05, 3.63) is 0 Å². The van der Waals surface area contributed by atoms with E-state index in [9.17, 15) is 10.2 Å². The van der Waals surface area contributed by atoms with E-state index in [1.54, 1.807) is 0 Å². The first-order valence-electron chi connectivity index (χ1n) is 6.79. The van der Waals surface area contributed by atoms with Crippen molar-refractivity contribution in [2.45, 2.75) is 71.9 Å². The minimum Gasteiger partial charge on any atom is -0.393 e. The molecular formula is C14H28O4. The molecular weight excluding hydrogens is 232 g/mol. The first-order chi connectivity index (χ1) is 8.06. The predicted octanol–water partition coefficient (Wildman–Crippen LogP) is 0.912. The second-order valence-electron chi connectivity index (χ2n) is 6.89. The van der Waals surface area contributed by atoms with Gasteiger partial charge in [0.2, 0.25) is 0 Å². The van der Waals surface area contributed by atoms with Gasteiger partial charge in [-0.05, 0) is 12.8 Å². The number of aliphatic hydroxyl groups is 4. The maximum Gasteiger partial charge on any atom is 0.0691 e. The van der Waals surface area contributed by atoms with Crippen LogP contribution < -0.4 is 0 Å². The molecule has 2 atom stereocenters. The summed E-state index contributed by atoms with van der Waals surface area (Å²) in [6, 6.07) is 0. The lowest BCUT2D eigenvalue weighted by Crippen LogP contribution is -2.67. The van der Waals surface area contributed by atoms with E-state index in [-0.39, 0.29) is 41.2 Å². The lowest BCUT2D eigenvalue weighted by molar-refractivity contribution is -0.247. The van der Waals surface area contributed by atoms with Gasteiger partial charge in [0.1, 0.15) is 0 Å². The van der Waals surface area contributed by atoms with Gasteiger partial charge in [0.05, 0.1) is 24.4 Å². The van der Waals surface area contributed by atoms with Crippen molar-refractivity contribution in [2.24, 2.45) is 16.7 Å². The zero-order valence-electron chi connectivity index (χ0n) is 12.1. The second-order valence-corrected chi connectivity index (χ2v) is 6.89. The molecule has 0 amide bonds. The molecule has 18 heavy (non-hydrogen) atoms. The average molecular weight is 260 g/mol. The number of aliphatic hydroxyl groups excluding tert-OH is 4. The van der Waals surface area contributed by atoms with Gasteiger partial charge in [0.25, 0.3) is 0 Å². The Morgan fingerprint density at radius 1 is 0.833 bits per heavy atom. The first-order valence-corrected chi connectivity index (χ1v) is 6.79. The van der Waals surface area contributed by atoms with Crippen LogP contribution in [0.15, 0.2) is 0 Å². The van der Waals surface area contributed by atoms with E-state index < -0.39 is 0 Å². The molecule has 2 aliphatic carbocycles. The Morgan fingerprint density at radius 2 is 1.17 bits per heavy atom. The highest BCUT2D eigenvalue weighted by molar-refractivity contribution is 5.09. The zero-order valence-corrected chi connectivity index (χ0v) is 12.1. The number of hydrogen-bond donors (Lipinski definition) is 4. The van der Waals surface area contributed by atoms with Crippen LogP contribution in [0.3, 0.4) is 0 Å². The largest absolute Gasteiger partial charge is 0.393 e. The van der Waals surface area contributed by atoms with Crippen molar-refractivity contribution in [1.82, 2.24) is 0 Å². The molecule has 4 N–H and O–H groups in total. The molecule has 0 bridgehead atoms. The van der Waals surface area contributed by atoms with E-state index in [0.29, 0.717) is 6.42 Å². The van der Waals surface area contributed by atoms with Gasteiger partial charge < -0.3 is 20.4 Å². The molecule has 2 unspecified atom stereocenters. The van der Waals surface area contributed by atoms with E-state index >= 15 is 0 Å². The third kappa shape index (κ3) is 2.44. The van der Waals surface area contributed by atoms with Gasteiger partial charge in [-0.15, -0.1) is 0 Å². The highest BCUT2D eigenvalue weighted by atomic mass is 16.3. The molecule has 0 heterocycles. The van der Waals surface area contributed by atoms with Crippen LogP contribution in [0.4, 0.5) is 0 Å². The third-order valence-electron chi connectivity index (χ3n) is 4.76. The smallest absolute Gasteiger partial charge is 0.0691 e. The summed E-state index contributed by atoms with van der Waals surface area (Å²) in [5.41, 5.74) is -0.632. The molecule has 0 aromatic rings. The Balaban J connectivity index is 0.000000184. The second kappa shape index (κ2) is 5.08. The molecule has 0 spiro atoms. The Morgan fingerprint density at radius 3 is 1.28 bits per heavy atom. The van der Waals surface area contributed by atoms with Gasteiger partial charge in [0.15, 0.2) is 0 Å². The van der Waals surface area contributed by atoms with Gasteiger partial charge in [0, 0.05) is 16.7 Å². The van der Waals surface area contributed by atoms with Gasteiger partial charge in [-0.1, -0.05) is 34.6 Å². The zero-order chi connectivity index (χ0) is 14.3. The van der Waals surface area contributed by atoms with Crippen LogP contribution in [-0.4, -0.2) is 44.8 Å². The van der Waals surface area contributed by atoms with E-state index in [4.69, 9.17) is 10.2 Å². The molecule has 2 saturated carbocycles. The Kier molecular flexibility index (Phi) is 4.49. The molecule has 0 saturated heterocycles. The third-order valence-corrected chi connectivity index (χ3v) is 4.76. The topological polar surface area (TPSA) is 80.9 Å². The highest BCUT2D eigenvalue weighted by Gasteiger charge is 2.60. The maximum absolute atomic E-state index is 9.51. The molecule has 108 valence electrons. The lowest BCUT2D eigenvalue weighted by Gasteiger charge is -2.59. The molecule has 0 radical (unpaired) electrons. The monoisotopic (exact) mass is 260 g/mol. The van der Waals surface area contributed by atoms with Gasteiger partial charge in [-0.3, -0.25) is 0 Å². The van der Waals surface area contributed by atoms with E-state index in [2.05, 4.69) is 0 Å². The maximum atomic E-state index is 9.51. The van der Waals surface area contributed by atoms with Crippen LogP contribution in [0, 0.1) is 16.7 Å². The Bertz CT molecular complexity index is 250. The molecule has 0 aliphatic heterocycles. The van der Waals surface area contributed by atoms with Gasteiger partial charge in [-0.25, -0.2) is 0 Å². The summed E-state index contributed by atoms with van der Waals surface area (Å²) in [7, 11) is 0. The fraction of sp³-hybridized carbons (Fsp3) is 1.00.